The molecule has 2 fully saturated rings. The average molecular weight is 255 g/mol. The van der Waals surface area contributed by atoms with Crippen LogP contribution >= 0.6 is 0 Å². The Morgan fingerprint density at radius 1 is 1.22 bits per heavy atom. The predicted octanol–water partition coefficient (Wildman–Crippen LogP) is 0.515. The van der Waals surface area contributed by atoms with Gasteiger partial charge in [0.15, 0.2) is 0 Å². The zero-order valence-corrected chi connectivity index (χ0v) is 11.9. The van der Waals surface area contributed by atoms with Gasteiger partial charge in [-0.3, -0.25) is 9.80 Å². The molecule has 0 radical (unpaired) electrons. The summed E-state index contributed by atoms with van der Waals surface area (Å²) in [6, 6.07) is 1.20. The molecule has 106 valence electrons. The van der Waals surface area contributed by atoms with Crippen LogP contribution in [-0.2, 0) is 0 Å². The molecule has 0 amide bonds. The van der Waals surface area contributed by atoms with Crippen molar-refractivity contribution in [3.8, 4) is 0 Å². The van der Waals surface area contributed by atoms with Crippen molar-refractivity contribution in [2.24, 2.45) is 0 Å². The van der Waals surface area contributed by atoms with Gasteiger partial charge in [-0.05, 0) is 38.9 Å². The minimum Gasteiger partial charge on any atom is -0.390 e. The van der Waals surface area contributed by atoms with Crippen molar-refractivity contribution in [3.63, 3.8) is 0 Å². The quantitative estimate of drug-likeness (QED) is 0.751. The van der Waals surface area contributed by atoms with E-state index < -0.39 is 0 Å². The van der Waals surface area contributed by atoms with Gasteiger partial charge in [0, 0.05) is 31.7 Å². The molecule has 2 aliphatic heterocycles. The molecule has 0 bridgehead atoms. The molecule has 0 spiro atoms. The number of aliphatic hydroxyl groups is 1. The number of hydrogen-bond donors (Lipinski definition) is 2. The number of hydrogen-bond acceptors (Lipinski definition) is 4. The zero-order chi connectivity index (χ0) is 13.0. The second kappa shape index (κ2) is 6.85. The first-order valence-corrected chi connectivity index (χ1v) is 7.53. The smallest absolute Gasteiger partial charge is 0.0791 e. The summed E-state index contributed by atoms with van der Waals surface area (Å²) in [5.41, 5.74) is 0. The predicted molar refractivity (Wildman–Crippen MR) is 74.8 cm³/mol. The Kier molecular flexibility index (Phi) is 5.42. The van der Waals surface area contributed by atoms with Crippen LogP contribution < -0.4 is 5.32 Å². The second-order valence-corrected chi connectivity index (χ2v) is 6.16. The number of rotatable bonds is 5. The SMILES string of the molecule is CC(C)NCC(O)CN1CCCN2CCCC2C1. The van der Waals surface area contributed by atoms with Crippen LogP contribution in [0.3, 0.4) is 0 Å². The first-order chi connectivity index (χ1) is 8.65. The molecule has 4 heteroatoms. The molecule has 2 aliphatic rings. The fourth-order valence-corrected chi connectivity index (χ4v) is 3.18. The summed E-state index contributed by atoms with van der Waals surface area (Å²) in [5.74, 6) is 0. The molecular formula is C14H29N3O. The third kappa shape index (κ3) is 4.19. The molecule has 18 heavy (non-hydrogen) atoms. The lowest BCUT2D eigenvalue weighted by Gasteiger charge is -2.27. The van der Waals surface area contributed by atoms with Gasteiger partial charge < -0.3 is 10.4 Å². The Bertz CT molecular complexity index is 247. The molecule has 2 rings (SSSR count). The number of β-amino-alcohol motifs (C(OH)–C–C–N with tert-alkyl or cyclic N) is 1. The maximum absolute atomic E-state index is 10.1. The van der Waals surface area contributed by atoms with Crippen LogP contribution in [0.5, 0.6) is 0 Å². The molecule has 0 aromatic carbocycles. The number of fused-ring (bicyclic) bond motifs is 1. The molecule has 2 N–H and O–H groups in total. The van der Waals surface area contributed by atoms with Crippen LogP contribution in [0.1, 0.15) is 33.1 Å². The standard InChI is InChI=1S/C14H29N3O/c1-12(2)15-9-14(18)11-16-6-4-8-17-7-3-5-13(17)10-16/h12-15,18H,3-11H2,1-2H3. The Morgan fingerprint density at radius 2 is 2.00 bits per heavy atom. The molecule has 0 aromatic rings. The van der Waals surface area contributed by atoms with Crippen LogP contribution in [0.25, 0.3) is 0 Å². The summed E-state index contributed by atoms with van der Waals surface area (Å²) in [6.07, 6.45) is 3.72. The highest BCUT2D eigenvalue weighted by Gasteiger charge is 2.29. The number of aliphatic hydroxyl groups excluding tert-OH is 1. The van der Waals surface area contributed by atoms with Crippen molar-refractivity contribution in [3.05, 3.63) is 0 Å². The summed E-state index contributed by atoms with van der Waals surface area (Å²) in [4.78, 5) is 5.10. The average Bonchev–Trinajstić information content (AvgIpc) is 2.66. The first-order valence-electron chi connectivity index (χ1n) is 7.53. The summed E-state index contributed by atoms with van der Waals surface area (Å²) < 4.78 is 0. The van der Waals surface area contributed by atoms with E-state index in [-0.39, 0.29) is 6.10 Å². The van der Waals surface area contributed by atoms with Crippen LogP contribution in [0, 0.1) is 0 Å². The van der Waals surface area contributed by atoms with Crippen molar-refractivity contribution < 1.29 is 5.11 Å². The van der Waals surface area contributed by atoms with E-state index in [1.54, 1.807) is 0 Å². The van der Waals surface area contributed by atoms with Gasteiger partial charge in [0.2, 0.25) is 0 Å². The topological polar surface area (TPSA) is 38.7 Å². The molecule has 2 atom stereocenters. The lowest BCUT2D eigenvalue weighted by atomic mass is 10.2. The van der Waals surface area contributed by atoms with Gasteiger partial charge in [-0.2, -0.15) is 0 Å². The molecular weight excluding hydrogens is 226 g/mol. The molecule has 0 aliphatic carbocycles. The van der Waals surface area contributed by atoms with E-state index in [1.807, 2.05) is 0 Å². The van der Waals surface area contributed by atoms with E-state index in [4.69, 9.17) is 0 Å². The highest BCUT2D eigenvalue weighted by atomic mass is 16.3. The van der Waals surface area contributed by atoms with Crippen LogP contribution in [-0.4, -0.2) is 72.4 Å². The van der Waals surface area contributed by atoms with Gasteiger partial charge in [0.05, 0.1) is 6.10 Å². The number of nitrogens with zero attached hydrogens (tertiary/aromatic N) is 2. The van der Waals surface area contributed by atoms with E-state index in [2.05, 4.69) is 29.0 Å². The Labute approximate surface area is 111 Å². The van der Waals surface area contributed by atoms with Gasteiger partial charge in [0.25, 0.3) is 0 Å². The fraction of sp³-hybridized carbons (Fsp3) is 1.00. The van der Waals surface area contributed by atoms with Crippen molar-refractivity contribution in [1.82, 2.24) is 15.1 Å². The summed E-state index contributed by atoms with van der Waals surface area (Å²) >= 11 is 0. The van der Waals surface area contributed by atoms with E-state index in [9.17, 15) is 5.11 Å². The molecule has 2 saturated heterocycles. The van der Waals surface area contributed by atoms with Crippen molar-refractivity contribution >= 4 is 0 Å². The van der Waals surface area contributed by atoms with Gasteiger partial charge in [0.1, 0.15) is 0 Å². The van der Waals surface area contributed by atoms with Crippen LogP contribution in [0.4, 0.5) is 0 Å². The van der Waals surface area contributed by atoms with Crippen molar-refractivity contribution in [2.75, 3.05) is 39.3 Å². The van der Waals surface area contributed by atoms with Gasteiger partial charge >= 0.3 is 0 Å². The molecule has 2 unspecified atom stereocenters. The Morgan fingerprint density at radius 3 is 2.78 bits per heavy atom. The second-order valence-electron chi connectivity index (χ2n) is 6.16. The van der Waals surface area contributed by atoms with Crippen molar-refractivity contribution in [2.45, 2.75) is 51.3 Å². The first kappa shape index (κ1) is 14.3. The monoisotopic (exact) mass is 255 g/mol. The summed E-state index contributed by atoms with van der Waals surface area (Å²) in [7, 11) is 0. The molecule has 0 saturated carbocycles. The maximum atomic E-state index is 10.1. The third-order valence-electron chi connectivity index (χ3n) is 4.12. The zero-order valence-electron chi connectivity index (χ0n) is 11.9. The van der Waals surface area contributed by atoms with E-state index in [0.717, 1.165) is 25.7 Å². The van der Waals surface area contributed by atoms with E-state index in [1.165, 1.54) is 32.4 Å². The normalized spacial score (nSPS) is 28.3. The third-order valence-corrected chi connectivity index (χ3v) is 4.12. The van der Waals surface area contributed by atoms with Crippen LogP contribution in [0.2, 0.25) is 0 Å². The van der Waals surface area contributed by atoms with Crippen LogP contribution in [0.15, 0.2) is 0 Å². The molecule has 4 nitrogen and oxygen atoms in total. The lowest BCUT2D eigenvalue weighted by Crippen LogP contribution is -2.43. The Balaban J connectivity index is 1.74. The Hall–Kier alpha value is -0.160. The minimum atomic E-state index is -0.236. The maximum Gasteiger partial charge on any atom is 0.0791 e. The minimum absolute atomic E-state index is 0.236. The molecule has 2 heterocycles. The van der Waals surface area contributed by atoms with Gasteiger partial charge in [-0.15, -0.1) is 0 Å². The highest BCUT2D eigenvalue weighted by molar-refractivity contribution is 4.85. The molecule has 0 aromatic heterocycles. The summed E-state index contributed by atoms with van der Waals surface area (Å²) in [5, 5.41) is 13.4. The largest absolute Gasteiger partial charge is 0.390 e. The van der Waals surface area contributed by atoms with E-state index >= 15 is 0 Å². The lowest BCUT2D eigenvalue weighted by molar-refractivity contribution is 0.105. The van der Waals surface area contributed by atoms with Gasteiger partial charge in [-0.25, -0.2) is 0 Å². The summed E-state index contributed by atoms with van der Waals surface area (Å²) in [6.45, 7) is 10.6. The number of nitrogens with one attached hydrogen (secondary N) is 1. The fourth-order valence-electron chi connectivity index (χ4n) is 3.18. The van der Waals surface area contributed by atoms with Gasteiger partial charge in [-0.1, -0.05) is 13.8 Å². The van der Waals surface area contributed by atoms with E-state index in [0.29, 0.717) is 12.6 Å². The van der Waals surface area contributed by atoms with Crippen molar-refractivity contribution in [1.29, 1.82) is 0 Å². The highest BCUT2D eigenvalue weighted by Crippen LogP contribution is 2.21.